The van der Waals surface area contributed by atoms with Crippen LogP contribution in [-0.4, -0.2) is 38.8 Å². The maximum atomic E-state index is 11.9. The van der Waals surface area contributed by atoms with Gasteiger partial charge < -0.3 is 5.11 Å². The summed E-state index contributed by atoms with van der Waals surface area (Å²) >= 11 is 0. The number of aromatic nitrogens is 2. The molecule has 1 saturated heterocycles. The molecule has 2 fully saturated rings. The summed E-state index contributed by atoms with van der Waals surface area (Å²) in [6.07, 6.45) is 10.8. The Morgan fingerprint density at radius 2 is 2.36 bits per heavy atom. The van der Waals surface area contributed by atoms with Gasteiger partial charge in [0.2, 0.25) is 0 Å². The van der Waals surface area contributed by atoms with Gasteiger partial charge in [0, 0.05) is 24.8 Å². The minimum atomic E-state index is -0.605. The lowest BCUT2D eigenvalue weighted by Crippen LogP contribution is -2.47. The summed E-state index contributed by atoms with van der Waals surface area (Å²) in [5.74, 6) is 0.0397. The van der Waals surface area contributed by atoms with Crippen LogP contribution < -0.4 is 0 Å². The highest BCUT2D eigenvalue weighted by molar-refractivity contribution is 5.75. The minimum Gasteiger partial charge on any atom is -0.481 e. The van der Waals surface area contributed by atoms with Gasteiger partial charge in [0.15, 0.2) is 0 Å². The van der Waals surface area contributed by atoms with Crippen LogP contribution in [0, 0.1) is 11.3 Å². The molecule has 120 valence electrons. The summed E-state index contributed by atoms with van der Waals surface area (Å²) in [5, 5.41) is 14.1. The van der Waals surface area contributed by atoms with E-state index in [1.54, 1.807) is 0 Å². The third kappa shape index (κ3) is 3.40. The third-order valence-electron chi connectivity index (χ3n) is 4.90. The predicted molar refractivity (Wildman–Crippen MR) is 84.3 cm³/mol. The van der Waals surface area contributed by atoms with Gasteiger partial charge in [0.1, 0.15) is 0 Å². The van der Waals surface area contributed by atoms with Crippen LogP contribution >= 0.6 is 0 Å². The second kappa shape index (κ2) is 6.24. The molecule has 1 aromatic rings. The van der Waals surface area contributed by atoms with E-state index >= 15 is 0 Å². The standard InChI is InChI=1S/C17H25N3O2/c1-2-7-20-12-15(10-18-20)11-19-8-3-6-17(13-19,16(21)22)9-14-4-5-14/h2,10,12,14H,1,3-9,11,13H2,(H,21,22)/t17-/m0/s1. The van der Waals surface area contributed by atoms with Crippen molar-refractivity contribution in [1.82, 2.24) is 14.7 Å². The Morgan fingerprint density at radius 1 is 1.55 bits per heavy atom. The topological polar surface area (TPSA) is 58.4 Å². The summed E-state index contributed by atoms with van der Waals surface area (Å²) in [6.45, 7) is 6.86. The van der Waals surface area contributed by atoms with Crippen molar-refractivity contribution >= 4 is 5.97 Å². The Bertz CT molecular complexity index is 550. The van der Waals surface area contributed by atoms with Crippen LogP contribution in [-0.2, 0) is 17.9 Å². The van der Waals surface area contributed by atoms with Crippen LogP contribution in [0.2, 0.25) is 0 Å². The molecule has 1 N–H and O–H groups in total. The van der Waals surface area contributed by atoms with Gasteiger partial charge in [-0.2, -0.15) is 5.10 Å². The molecule has 1 saturated carbocycles. The van der Waals surface area contributed by atoms with Gasteiger partial charge in [0.05, 0.1) is 18.2 Å². The normalized spacial score (nSPS) is 26.0. The van der Waals surface area contributed by atoms with E-state index in [0.717, 1.165) is 37.9 Å². The lowest BCUT2D eigenvalue weighted by Gasteiger charge is -2.40. The summed E-state index contributed by atoms with van der Waals surface area (Å²) in [5.41, 5.74) is 0.616. The number of rotatable bonds is 7. The second-order valence-corrected chi connectivity index (χ2v) is 6.91. The molecule has 2 aliphatic rings. The van der Waals surface area contributed by atoms with E-state index in [0.29, 0.717) is 19.0 Å². The molecule has 5 nitrogen and oxygen atoms in total. The zero-order valence-corrected chi connectivity index (χ0v) is 13.1. The zero-order valence-electron chi connectivity index (χ0n) is 13.1. The molecule has 0 radical (unpaired) electrons. The van der Waals surface area contributed by atoms with Gasteiger partial charge in [-0.05, 0) is 31.7 Å². The first-order chi connectivity index (χ1) is 10.6. The van der Waals surface area contributed by atoms with Crippen molar-refractivity contribution in [3.05, 3.63) is 30.6 Å². The average Bonchev–Trinajstić information content (AvgIpc) is 3.18. The van der Waals surface area contributed by atoms with Crippen LogP contribution in [0.15, 0.2) is 25.0 Å². The summed E-state index contributed by atoms with van der Waals surface area (Å²) in [4.78, 5) is 14.2. The fourth-order valence-electron chi connectivity index (χ4n) is 3.64. The number of aliphatic carboxylic acids is 1. The maximum Gasteiger partial charge on any atom is 0.310 e. The molecule has 0 spiro atoms. The second-order valence-electron chi connectivity index (χ2n) is 6.91. The van der Waals surface area contributed by atoms with E-state index in [2.05, 4.69) is 16.6 Å². The molecule has 1 aliphatic carbocycles. The highest BCUT2D eigenvalue weighted by atomic mass is 16.4. The molecule has 0 unspecified atom stereocenters. The molecule has 0 bridgehead atoms. The van der Waals surface area contributed by atoms with E-state index in [9.17, 15) is 9.90 Å². The number of carboxylic acid groups (broad SMARTS) is 1. The quantitative estimate of drug-likeness (QED) is 0.786. The van der Waals surface area contributed by atoms with Gasteiger partial charge in [-0.25, -0.2) is 0 Å². The first kappa shape index (κ1) is 15.3. The molecular weight excluding hydrogens is 278 g/mol. The molecule has 0 amide bonds. The van der Waals surface area contributed by atoms with Gasteiger partial charge in [-0.3, -0.25) is 14.4 Å². The molecule has 1 aliphatic heterocycles. The van der Waals surface area contributed by atoms with Crippen molar-refractivity contribution in [3.63, 3.8) is 0 Å². The monoisotopic (exact) mass is 303 g/mol. The van der Waals surface area contributed by atoms with E-state index in [1.807, 2.05) is 23.2 Å². The highest BCUT2D eigenvalue weighted by Crippen LogP contribution is 2.45. The molecule has 1 aromatic heterocycles. The Kier molecular flexibility index (Phi) is 4.34. The summed E-state index contributed by atoms with van der Waals surface area (Å²) in [7, 11) is 0. The number of allylic oxidation sites excluding steroid dienone is 1. The number of nitrogens with zero attached hydrogens (tertiary/aromatic N) is 3. The maximum absolute atomic E-state index is 11.9. The number of carboxylic acids is 1. The molecule has 3 rings (SSSR count). The summed E-state index contributed by atoms with van der Waals surface area (Å²) in [6, 6.07) is 0. The lowest BCUT2D eigenvalue weighted by molar-refractivity contribution is -0.153. The number of carbonyl (C=O) groups is 1. The van der Waals surface area contributed by atoms with E-state index in [1.165, 1.54) is 12.8 Å². The van der Waals surface area contributed by atoms with Crippen molar-refractivity contribution in [2.75, 3.05) is 13.1 Å². The van der Waals surface area contributed by atoms with Gasteiger partial charge in [-0.1, -0.05) is 18.9 Å². The minimum absolute atomic E-state index is 0.531. The first-order valence-electron chi connectivity index (χ1n) is 8.19. The smallest absolute Gasteiger partial charge is 0.310 e. The number of hydrogen-bond donors (Lipinski definition) is 1. The number of likely N-dealkylation sites (tertiary alicyclic amines) is 1. The van der Waals surface area contributed by atoms with Crippen LogP contribution in [0.25, 0.3) is 0 Å². The van der Waals surface area contributed by atoms with Crippen molar-refractivity contribution in [1.29, 1.82) is 0 Å². The number of piperidine rings is 1. The first-order valence-corrected chi connectivity index (χ1v) is 8.19. The molecular formula is C17H25N3O2. The molecule has 1 atom stereocenters. The van der Waals surface area contributed by atoms with Gasteiger partial charge in [0.25, 0.3) is 0 Å². The highest BCUT2D eigenvalue weighted by Gasteiger charge is 2.45. The fraction of sp³-hybridized carbons (Fsp3) is 0.647. The van der Waals surface area contributed by atoms with Crippen LogP contribution in [0.4, 0.5) is 0 Å². The third-order valence-corrected chi connectivity index (χ3v) is 4.90. The van der Waals surface area contributed by atoms with Gasteiger partial charge in [-0.15, -0.1) is 6.58 Å². The van der Waals surface area contributed by atoms with Crippen LogP contribution in [0.1, 0.15) is 37.7 Å². The Morgan fingerprint density at radius 3 is 3.05 bits per heavy atom. The molecule has 5 heteroatoms. The van der Waals surface area contributed by atoms with Crippen molar-refractivity contribution in [2.45, 2.75) is 45.2 Å². The Labute approximate surface area is 131 Å². The Balaban J connectivity index is 1.65. The van der Waals surface area contributed by atoms with Crippen LogP contribution in [0.5, 0.6) is 0 Å². The molecule has 0 aromatic carbocycles. The van der Waals surface area contributed by atoms with Crippen molar-refractivity contribution < 1.29 is 9.90 Å². The number of hydrogen-bond acceptors (Lipinski definition) is 3. The lowest BCUT2D eigenvalue weighted by atomic mass is 9.75. The SMILES string of the molecule is C=CCn1cc(CN2CCC[C@@](CC3CC3)(C(=O)O)C2)cn1. The average molecular weight is 303 g/mol. The van der Waals surface area contributed by atoms with E-state index < -0.39 is 11.4 Å². The molecule has 2 heterocycles. The van der Waals surface area contributed by atoms with E-state index in [4.69, 9.17) is 0 Å². The Hall–Kier alpha value is -1.62. The van der Waals surface area contributed by atoms with Crippen LogP contribution in [0.3, 0.4) is 0 Å². The molecule has 22 heavy (non-hydrogen) atoms. The zero-order chi connectivity index (χ0) is 15.6. The largest absolute Gasteiger partial charge is 0.481 e. The summed E-state index contributed by atoms with van der Waals surface area (Å²) < 4.78 is 1.86. The van der Waals surface area contributed by atoms with E-state index in [-0.39, 0.29) is 0 Å². The van der Waals surface area contributed by atoms with Crippen molar-refractivity contribution in [2.24, 2.45) is 11.3 Å². The van der Waals surface area contributed by atoms with Crippen molar-refractivity contribution in [3.8, 4) is 0 Å². The predicted octanol–water partition coefficient (Wildman–Crippen LogP) is 2.54. The van der Waals surface area contributed by atoms with Gasteiger partial charge >= 0.3 is 5.97 Å². The fourth-order valence-corrected chi connectivity index (χ4v) is 3.64.